The van der Waals surface area contributed by atoms with E-state index in [0.29, 0.717) is 20.8 Å². The highest BCUT2D eigenvalue weighted by molar-refractivity contribution is 7.21. The Morgan fingerprint density at radius 1 is 1.15 bits per heavy atom. The standard InChI is InChI=1S/C19H12N4O3S/c20-16-14-6-7-15(12-4-2-8-21-10-12)22-19(14)27-18(16)17(24)11-3-1-5-13(9-11)23(25)26/h1-10H,20H2. The fraction of sp³-hybridized carbons (Fsp3) is 0. The van der Waals surface area contributed by atoms with Crippen LogP contribution in [0.4, 0.5) is 11.4 Å². The largest absolute Gasteiger partial charge is 0.397 e. The molecule has 0 saturated carbocycles. The third kappa shape index (κ3) is 3.02. The molecule has 0 bridgehead atoms. The van der Waals surface area contributed by atoms with Crippen LogP contribution in [0.1, 0.15) is 15.2 Å². The average molecular weight is 376 g/mol. The number of hydrogen-bond acceptors (Lipinski definition) is 7. The maximum Gasteiger partial charge on any atom is 0.270 e. The molecule has 132 valence electrons. The summed E-state index contributed by atoms with van der Waals surface area (Å²) >= 11 is 1.17. The molecule has 0 atom stereocenters. The van der Waals surface area contributed by atoms with Crippen LogP contribution in [-0.4, -0.2) is 20.7 Å². The van der Waals surface area contributed by atoms with Crippen LogP contribution in [-0.2, 0) is 0 Å². The van der Waals surface area contributed by atoms with Crippen LogP contribution in [0.15, 0.2) is 60.9 Å². The molecule has 3 heterocycles. The number of ketones is 1. The van der Waals surface area contributed by atoms with E-state index in [9.17, 15) is 14.9 Å². The normalized spacial score (nSPS) is 10.8. The number of pyridine rings is 2. The van der Waals surface area contributed by atoms with Crippen LogP contribution in [0.5, 0.6) is 0 Å². The van der Waals surface area contributed by atoms with E-state index in [1.807, 2.05) is 24.3 Å². The number of carbonyl (C=O) groups is 1. The van der Waals surface area contributed by atoms with Gasteiger partial charge in [0.05, 0.1) is 16.3 Å². The molecule has 0 radical (unpaired) electrons. The molecule has 0 aliphatic heterocycles. The molecule has 2 N–H and O–H groups in total. The molecule has 0 unspecified atom stereocenters. The van der Waals surface area contributed by atoms with E-state index >= 15 is 0 Å². The molecule has 1 aromatic carbocycles. The van der Waals surface area contributed by atoms with Crippen molar-refractivity contribution >= 4 is 38.7 Å². The number of nitro benzene ring substituents is 1. The third-order valence-corrected chi connectivity index (χ3v) is 5.19. The van der Waals surface area contributed by atoms with Gasteiger partial charge in [-0.1, -0.05) is 12.1 Å². The topological polar surface area (TPSA) is 112 Å². The van der Waals surface area contributed by atoms with Gasteiger partial charge in [0.15, 0.2) is 0 Å². The van der Waals surface area contributed by atoms with Crippen LogP contribution in [0.3, 0.4) is 0 Å². The lowest BCUT2D eigenvalue weighted by atomic mass is 10.1. The zero-order chi connectivity index (χ0) is 19.0. The van der Waals surface area contributed by atoms with Crippen molar-refractivity contribution in [2.75, 3.05) is 5.73 Å². The first kappa shape index (κ1) is 16.8. The molecule has 27 heavy (non-hydrogen) atoms. The van der Waals surface area contributed by atoms with Crippen molar-refractivity contribution < 1.29 is 9.72 Å². The van der Waals surface area contributed by atoms with Gasteiger partial charge in [0.2, 0.25) is 5.78 Å². The predicted molar refractivity (Wildman–Crippen MR) is 104 cm³/mol. The maximum atomic E-state index is 12.8. The number of hydrogen-bond donors (Lipinski definition) is 1. The smallest absolute Gasteiger partial charge is 0.270 e. The molecule has 0 saturated heterocycles. The summed E-state index contributed by atoms with van der Waals surface area (Å²) in [4.78, 5) is 32.9. The van der Waals surface area contributed by atoms with E-state index in [0.717, 1.165) is 11.3 Å². The molecule has 3 aromatic heterocycles. The molecule has 0 amide bonds. The Bertz CT molecular complexity index is 1190. The monoisotopic (exact) mass is 376 g/mol. The van der Waals surface area contributed by atoms with Gasteiger partial charge in [0, 0.05) is 41.0 Å². The van der Waals surface area contributed by atoms with Crippen LogP contribution in [0, 0.1) is 10.1 Å². The van der Waals surface area contributed by atoms with E-state index < -0.39 is 4.92 Å². The zero-order valence-corrected chi connectivity index (χ0v) is 14.6. The molecule has 4 rings (SSSR count). The minimum Gasteiger partial charge on any atom is -0.397 e. The van der Waals surface area contributed by atoms with Gasteiger partial charge in [-0.3, -0.25) is 19.9 Å². The minimum absolute atomic E-state index is 0.141. The lowest BCUT2D eigenvalue weighted by Gasteiger charge is -2.00. The lowest BCUT2D eigenvalue weighted by molar-refractivity contribution is -0.384. The number of nitrogens with two attached hydrogens (primary N) is 1. The molecule has 0 aliphatic rings. The number of nitrogens with zero attached hydrogens (tertiary/aromatic N) is 3. The van der Waals surface area contributed by atoms with Crippen molar-refractivity contribution in [2.24, 2.45) is 0 Å². The minimum atomic E-state index is -0.535. The van der Waals surface area contributed by atoms with Crippen LogP contribution in [0.2, 0.25) is 0 Å². The Hall–Kier alpha value is -3.65. The number of nitro groups is 1. The van der Waals surface area contributed by atoms with Crippen LogP contribution < -0.4 is 5.73 Å². The average Bonchev–Trinajstić information content (AvgIpc) is 3.04. The number of fused-ring (bicyclic) bond motifs is 1. The molecule has 8 heteroatoms. The summed E-state index contributed by atoms with van der Waals surface area (Å²) in [5, 5.41) is 11.6. The number of aromatic nitrogens is 2. The first-order chi connectivity index (χ1) is 13.0. The van der Waals surface area contributed by atoms with Gasteiger partial charge in [-0.05, 0) is 24.3 Å². The number of rotatable bonds is 4. The van der Waals surface area contributed by atoms with E-state index in [4.69, 9.17) is 5.73 Å². The quantitative estimate of drug-likeness (QED) is 0.326. The number of thiophene rings is 1. The van der Waals surface area contributed by atoms with Crippen molar-refractivity contribution in [3.05, 3.63) is 81.5 Å². The Morgan fingerprint density at radius 3 is 2.74 bits per heavy atom. The number of non-ortho nitro benzene ring substituents is 1. The highest BCUT2D eigenvalue weighted by Gasteiger charge is 2.20. The first-order valence-electron chi connectivity index (χ1n) is 7.93. The Balaban J connectivity index is 1.78. The summed E-state index contributed by atoms with van der Waals surface area (Å²) in [7, 11) is 0. The maximum absolute atomic E-state index is 12.8. The van der Waals surface area contributed by atoms with Gasteiger partial charge < -0.3 is 5.73 Å². The van der Waals surface area contributed by atoms with Crippen LogP contribution in [0.25, 0.3) is 21.5 Å². The summed E-state index contributed by atoms with van der Waals surface area (Å²) in [6.45, 7) is 0. The van der Waals surface area contributed by atoms with Gasteiger partial charge in [-0.2, -0.15) is 0 Å². The molecular formula is C19H12N4O3S. The van der Waals surface area contributed by atoms with Gasteiger partial charge in [-0.25, -0.2) is 4.98 Å². The highest BCUT2D eigenvalue weighted by atomic mass is 32.1. The molecule has 4 aromatic rings. The van der Waals surface area contributed by atoms with Crippen molar-refractivity contribution in [1.29, 1.82) is 0 Å². The number of benzene rings is 1. The summed E-state index contributed by atoms with van der Waals surface area (Å²) in [6.07, 6.45) is 3.39. The summed E-state index contributed by atoms with van der Waals surface area (Å²) in [5.74, 6) is -0.359. The zero-order valence-electron chi connectivity index (χ0n) is 13.8. The van der Waals surface area contributed by atoms with E-state index in [1.165, 1.54) is 35.6 Å². The molecule has 0 spiro atoms. The van der Waals surface area contributed by atoms with E-state index in [2.05, 4.69) is 9.97 Å². The van der Waals surface area contributed by atoms with Crippen LogP contribution >= 0.6 is 11.3 Å². The molecule has 0 aliphatic carbocycles. The lowest BCUT2D eigenvalue weighted by Crippen LogP contribution is -2.02. The SMILES string of the molecule is Nc1c(C(=O)c2cccc([N+](=O)[O-])c2)sc2nc(-c3cccnc3)ccc12. The molecule has 0 fully saturated rings. The van der Waals surface area contributed by atoms with E-state index in [-0.39, 0.29) is 17.0 Å². The van der Waals surface area contributed by atoms with Gasteiger partial charge in [0.25, 0.3) is 5.69 Å². The Labute approximate surface area is 157 Å². The fourth-order valence-electron chi connectivity index (χ4n) is 2.73. The Kier molecular flexibility index (Phi) is 4.09. The molecule has 7 nitrogen and oxygen atoms in total. The van der Waals surface area contributed by atoms with Gasteiger partial charge in [-0.15, -0.1) is 11.3 Å². The summed E-state index contributed by atoms with van der Waals surface area (Å²) in [5.41, 5.74) is 8.16. The van der Waals surface area contributed by atoms with Crippen molar-refractivity contribution in [3.8, 4) is 11.3 Å². The fourth-order valence-corrected chi connectivity index (χ4v) is 3.79. The van der Waals surface area contributed by atoms with E-state index in [1.54, 1.807) is 12.4 Å². The number of anilines is 1. The summed E-state index contributed by atoms with van der Waals surface area (Å²) < 4.78 is 0. The second kappa shape index (κ2) is 6.58. The van der Waals surface area contributed by atoms with Gasteiger partial charge in [0.1, 0.15) is 9.71 Å². The molecular weight excluding hydrogens is 364 g/mol. The first-order valence-corrected chi connectivity index (χ1v) is 8.75. The summed E-state index contributed by atoms with van der Waals surface area (Å²) in [6, 6.07) is 13.0. The highest BCUT2D eigenvalue weighted by Crippen LogP contribution is 2.35. The third-order valence-electron chi connectivity index (χ3n) is 4.08. The van der Waals surface area contributed by atoms with Gasteiger partial charge >= 0.3 is 0 Å². The number of nitrogen functional groups attached to an aromatic ring is 1. The Morgan fingerprint density at radius 2 is 2.00 bits per heavy atom. The van der Waals surface area contributed by atoms with Crippen molar-refractivity contribution in [1.82, 2.24) is 9.97 Å². The van der Waals surface area contributed by atoms with Crippen molar-refractivity contribution in [2.45, 2.75) is 0 Å². The second-order valence-electron chi connectivity index (χ2n) is 5.77. The van der Waals surface area contributed by atoms with Crippen molar-refractivity contribution in [3.63, 3.8) is 0 Å². The number of carbonyl (C=O) groups excluding carboxylic acids is 1. The predicted octanol–water partition coefficient (Wildman–Crippen LogP) is 4.08. The second-order valence-corrected chi connectivity index (χ2v) is 6.77.